The first-order chi connectivity index (χ1) is 6.24. The van der Waals surface area contributed by atoms with Gasteiger partial charge in [0.05, 0.1) is 0 Å². The maximum atomic E-state index is 3.50. The van der Waals surface area contributed by atoms with Gasteiger partial charge < -0.3 is 5.32 Å². The minimum absolute atomic E-state index is 0.654. The monoisotopic (exact) mass is 204 g/mol. The Labute approximate surface area is 87.6 Å². The third kappa shape index (κ3) is 7.35. The van der Waals surface area contributed by atoms with Crippen LogP contribution in [0.5, 0.6) is 0 Å². The summed E-state index contributed by atoms with van der Waals surface area (Å²) in [5, 5.41) is 3.50. The van der Waals surface area contributed by atoms with Crippen molar-refractivity contribution in [2.75, 3.05) is 25.9 Å². The zero-order valence-corrected chi connectivity index (χ0v) is 10.3. The van der Waals surface area contributed by atoms with Crippen LogP contribution in [-0.4, -0.2) is 36.2 Å². The molecular formula is C10H24N2S. The number of nitrogens with one attached hydrogen (secondary N) is 1. The third-order valence-electron chi connectivity index (χ3n) is 2.17. The molecule has 0 heterocycles. The average Bonchev–Trinajstić information content (AvgIpc) is 2.16. The van der Waals surface area contributed by atoms with Crippen molar-refractivity contribution in [2.24, 2.45) is 0 Å². The van der Waals surface area contributed by atoms with Crippen molar-refractivity contribution < 1.29 is 0 Å². The van der Waals surface area contributed by atoms with Crippen LogP contribution in [0.15, 0.2) is 0 Å². The molecule has 0 spiro atoms. The summed E-state index contributed by atoms with van der Waals surface area (Å²) in [5.74, 6) is 0. The van der Waals surface area contributed by atoms with Crippen LogP contribution >= 0.6 is 11.9 Å². The summed E-state index contributed by atoms with van der Waals surface area (Å²) in [6.45, 7) is 10.2. The van der Waals surface area contributed by atoms with Crippen LogP contribution in [-0.2, 0) is 0 Å². The van der Waals surface area contributed by atoms with Gasteiger partial charge in [0, 0.05) is 19.1 Å². The van der Waals surface area contributed by atoms with Crippen LogP contribution in [0.25, 0.3) is 0 Å². The van der Waals surface area contributed by atoms with E-state index in [0.717, 1.165) is 13.1 Å². The molecule has 3 heteroatoms. The Hall–Kier alpha value is 0.270. The van der Waals surface area contributed by atoms with Gasteiger partial charge in [0.1, 0.15) is 0 Å². The van der Waals surface area contributed by atoms with E-state index < -0.39 is 0 Å². The largest absolute Gasteiger partial charge is 0.314 e. The lowest BCUT2D eigenvalue weighted by Crippen LogP contribution is -2.30. The van der Waals surface area contributed by atoms with E-state index in [9.17, 15) is 0 Å². The van der Waals surface area contributed by atoms with Gasteiger partial charge in [0.25, 0.3) is 0 Å². The van der Waals surface area contributed by atoms with E-state index in [1.807, 2.05) is 11.9 Å². The molecular weight excluding hydrogens is 180 g/mol. The highest BCUT2D eigenvalue weighted by molar-refractivity contribution is 7.96. The second-order valence-corrected chi connectivity index (χ2v) is 4.23. The quantitative estimate of drug-likeness (QED) is 0.611. The van der Waals surface area contributed by atoms with Gasteiger partial charge >= 0.3 is 0 Å². The average molecular weight is 204 g/mol. The summed E-state index contributed by atoms with van der Waals surface area (Å²) >= 11 is 1.84. The molecule has 0 radical (unpaired) electrons. The Kier molecular flexibility index (Phi) is 9.03. The molecule has 13 heavy (non-hydrogen) atoms. The van der Waals surface area contributed by atoms with E-state index in [2.05, 4.69) is 36.6 Å². The van der Waals surface area contributed by atoms with Crippen LogP contribution in [0.2, 0.25) is 0 Å². The molecule has 0 saturated carbocycles. The summed E-state index contributed by atoms with van der Waals surface area (Å²) in [6.07, 6.45) is 4.62. The summed E-state index contributed by atoms with van der Waals surface area (Å²) in [7, 11) is 0. The van der Waals surface area contributed by atoms with E-state index >= 15 is 0 Å². The zero-order chi connectivity index (χ0) is 10.1. The lowest BCUT2D eigenvalue weighted by molar-refractivity contribution is 0.424. The van der Waals surface area contributed by atoms with Crippen LogP contribution in [0.3, 0.4) is 0 Å². The SMILES string of the molecule is CCCN[C@@H](C)CCN(CC)SC. The van der Waals surface area contributed by atoms with Gasteiger partial charge in [-0.25, -0.2) is 0 Å². The molecule has 80 valence electrons. The second-order valence-electron chi connectivity index (χ2n) is 3.35. The van der Waals surface area contributed by atoms with E-state index in [0.29, 0.717) is 6.04 Å². The van der Waals surface area contributed by atoms with E-state index in [1.54, 1.807) is 0 Å². The topological polar surface area (TPSA) is 15.3 Å². The highest BCUT2D eigenvalue weighted by atomic mass is 32.2. The maximum Gasteiger partial charge on any atom is 0.0104 e. The number of nitrogens with zero attached hydrogens (tertiary/aromatic N) is 1. The first-order valence-corrected chi connectivity index (χ1v) is 6.45. The van der Waals surface area contributed by atoms with Crippen molar-refractivity contribution in [2.45, 2.75) is 39.7 Å². The molecule has 0 aliphatic carbocycles. The highest BCUT2D eigenvalue weighted by Crippen LogP contribution is 2.05. The fourth-order valence-corrected chi connectivity index (χ4v) is 1.76. The molecule has 0 aromatic heterocycles. The Morgan fingerprint density at radius 1 is 1.38 bits per heavy atom. The highest BCUT2D eigenvalue weighted by Gasteiger charge is 2.03. The summed E-state index contributed by atoms with van der Waals surface area (Å²) in [6, 6.07) is 0.654. The lowest BCUT2D eigenvalue weighted by atomic mass is 10.2. The molecule has 0 rings (SSSR count). The fourth-order valence-electron chi connectivity index (χ4n) is 1.21. The Morgan fingerprint density at radius 3 is 2.54 bits per heavy atom. The molecule has 0 amide bonds. The standard InChI is InChI=1S/C10H24N2S/c1-5-8-11-10(3)7-9-12(6-2)13-4/h10-11H,5-9H2,1-4H3/t10-/m0/s1. The van der Waals surface area contributed by atoms with E-state index in [1.165, 1.54) is 19.4 Å². The van der Waals surface area contributed by atoms with Gasteiger partial charge in [-0.1, -0.05) is 25.8 Å². The molecule has 0 bridgehead atoms. The van der Waals surface area contributed by atoms with Gasteiger partial charge in [0.15, 0.2) is 0 Å². The van der Waals surface area contributed by atoms with E-state index in [4.69, 9.17) is 0 Å². The van der Waals surface area contributed by atoms with Gasteiger partial charge in [-0.05, 0) is 32.6 Å². The first kappa shape index (κ1) is 13.3. The normalized spacial score (nSPS) is 13.6. The second kappa shape index (κ2) is 8.85. The minimum atomic E-state index is 0.654. The van der Waals surface area contributed by atoms with Crippen molar-refractivity contribution in [1.82, 2.24) is 9.62 Å². The van der Waals surface area contributed by atoms with Crippen molar-refractivity contribution >= 4 is 11.9 Å². The predicted molar refractivity (Wildman–Crippen MR) is 63.1 cm³/mol. The Bertz CT molecular complexity index is 105. The molecule has 0 saturated heterocycles. The van der Waals surface area contributed by atoms with Gasteiger partial charge in [0.2, 0.25) is 0 Å². The third-order valence-corrected chi connectivity index (χ3v) is 3.12. The number of hydrogen-bond acceptors (Lipinski definition) is 3. The van der Waals surface area contributed by atoms with E-state index in [-0.39, 0.29) is 0 Å². The summed E-state index contributed by atoms with van der Waals surface area (Å²) in [4.78, 5) is 0. The molecule has 0 aliphatic heterocycles. The molecule has 1 N–H and O–H groups in total. The van der Waals surface area contributed by atoms with Crippen LogP contribution in [0, 0.1) is 0 Å². The Balaban J connectivity index is 3.38. The first-order valence-electron chi connectivity index (χ1n) is 5.27. The van der Waals surface area contributed by atoms with Gasteiger partial charge in [-0.3, -0.25) is 4.31 Å². The number of rotatable bonds is 8. The Morgan fingerprint density at radius 2 is 2.08 bits per heavy atom. The molecule has 0 fully saturated rings. The molecule has 0 aromatic carbocycles. The van der Waals surface area contributed by atoms with Crippen molar-refractivity contribution in [3.8, 4) is 0 Å². The van der Waals surface area contributed by atoms with Gasteiger partial charge in [-0.15, -0.1) is 0 Å². The molecule has 2 nitrogen and oxygen atoms in total. The van der Waals surface area contributed by atoms with Crippen LogP contribution < -0.4 is 5.32 Å². The molecule has 1 atom stereocenters. The lowest BCUT2D eigenvalue weighted by Gasteiger charge is -2.20. The minimum Gasteiger partial charge on any atom is -0.314 e. The molecule has 0 unspecified atom stereocenters. The summed E-state index contributed by atoms with van der Waals surface area (Å²) in [5.41, 5.74) is 0. The van der Waals surface area contributed by atoms with Crippen molar-refractivity contribution in [3.05, 3.63) is 0 Å². The summed E-state index contributed by atoms with van der Waals surface area (Å²) < 4.78 is 2.39. The van der Waals surface area contributed by atoms with Crippen LogP contribution in [0.4, 0.5) is 0 Å². The van der Waals surface area contributed by atoms with Crippen LogP contribution in [0.1, 0.15) is 33.6 Å². The zero-order valence-electron chi connectivity index (χ0n) is 9.47. The van der Waals surface area contributed by atoms with Crippen molar-refractivity contribution in [1.29, 1.82) is 0 Å². The smallest absolute Gasteiger partial charge is 0.0104 e. The fraction of sp³-hybridized carbons (Fsp3) is 1.00. The maximum absolute atomic E-state index is 3.50. The van der Waals surface area contributed by atoms with Crippen molar-refractivity contribution in [3.63, 3.8) is 0 Å². The number of hydrogen-bond donors (Lipinski definition) is 1. The van der Waals surface area contributed by atoms with Gasteiger partial charge in [-0.2, -0.15) is 0 Å². The molecule has 0 aromatic rings. The molecule has 0 aliphatic rings. The predicted octanol–water partition coefficient (Wildman–Crippen LogP) is 2.36.